The molecule has 0 aliphatic carbocycles. The third-order valence-electron chi connectivity index (χ3n) is 3.11. The predicted molar refractivity (Wildman–Crippen MR) is 72.4 cm³/mol. The molecule has 0 fully saturated rings. The molecular formula is C14H14FN5. The Hall–Kier alpha value is -2.50. The number of rotatable bonds is 4. The van der Waals surface area contributed by atoms with Gasteiger partial charge in [-0.3, -0.25) is 0 Å². The number of imidazole rings is 2. The van der Waals surface area contributed by atoms with Crippen LogP contribution in [0.3, 0.4) is 0 Å². The van der Waals surface area contributed by atoms with Gasteiger partial charge in [-0.1, -0.05) is 6.07 Å². The summed E-state index contributed by atoms with van der Waals surface area (Å²) in [6.07, 6.45) is 7.24. The van der Waals surface area contributed by atoms with Crippen molar-refractivity contribution < 1.29 is 4.39 Å². The molecule has 0 radical (unpaired) electrons. The molecule has 0 N–H and O–H groups in total. The average Bonchev–Trinajstić information content (AvgIpc) is 3.08. The van der Waals surface area contributed by atoms with Crippen LogP contribution in [0.1, 0.15) is 12.7 Å². The highest BCUT2D eigenvalue weighted by molar-refractivity contribution is 5.49. The Kier molecular flexibility index (Phi) is 3.28. The molecule has 20 heavy (non-hydrogen) atoms. The minimum absolute atomic E-state index is 0.507. The van der Waals surface area contributed by atoms with Crippen LogP contribution in [-0.2, 0) is 13.1 Å². The van der Waals surface area contributed by atoms with Gasteiger partial charge in [0, 0.05) is 31.3 Å². The summed E-state index contributed by atoms with van der Waals surface area (Å²) >= 11 is 0. The first-order valence-electron chi connectivity index (χ1n) is 6.42. The zero-order chi connectivity index (χ0) is 13.9. The van der Waals surface area contributed by atoms with Gasteiger partial charge in [0.05, 0.1) is 6.54 Å². The van der Waals surface area contributed by atoms with Gasteiger partial charge >= 0.3 is 0 Å². The molecule has 0 bridgehead atoms. The van der Waals surface area contributed by atoms with Gasteiger partial charge in [0.15, 0.2) is 5.82 Å². The van der Waals surface area contributed by atoms with Crippen molar-refractivity contribution in [3.8, 4) is 11.5 Å². The van der Waals surface area contributed by atoms with Crippen LogP contribution in [0.15, 0.2) is 43.0 Å². The van der Waals surface area contributed by atoms with E-state index in [1.807, 2.05) is 17.0 Å². The molecule has 3 rings (SSSR count). The van der Waals surface area contributed by atoms with E-state index >= 15 is 0 Å². The number of pyridine rings is 1. The van der Waals surface area contributed by atoms with Crippen LogP contribution in [0.5, 0.6) is 0 Å². The largest absolute Gasteiger partial charge is 0.334 e. The van der Waals surface area contributed by atoms with E-state index < -0.39 is 5.95 Å². The van der Waals surface area contributed by atoms with Crippen molar-refractivity contribution in [3.05, 3.63) is 54.8 Å². The summed E-state index contributed by atoms with van der Waals surface area (Å²) in [4.78, 5) is 12.5. The van der Waals surface area contributed by atoms with E-state index in [0.29, 0.717) is 18.1 Å². The first-order chi connectivity index (χ1) is 9.78. The van der Waals surface area contributed by atoms with Crippen LogP contribution in [-0.4, -0.2) is 24.1 Å². The van der Waals surface area contributed by atoms with E-state index in [1.54, 1.807) is 24.5 Å². The summed E-state index contributed by atoms with van der Waals surface area (Å²) in [6.45, 7) is 3.50. The molecule has 3 aromatic heterocycles. The maximum atomic E-state index is 13.2. The molecule has 3 aromatic rings. The van der Waals surface area contributed by atoms with E-state index in [-0.39, 0.29) is 0 Å². The Morgan fingerprint density at radius 1 is 1.10 bits per heavy atom. The maximum Gasteiger partial charge on any atom is 0.213 e. The first kappa shape index (κ1) is 12.5. The Labute approximate surface area is 115 Å². The number of hydrogen-bond donors (Lipinski definition) is 0. The smallest absolute Gasteiger partial charge is 0.213 e. The molecule has 3 heterocycles. The number of hydrogen-bond acceptors (Lipinski definition) is 3. The Balaban J connectivity index is 1.95. The molecule has 0 spiro atoms. The fraction of sp³-hybridized carbons (Fsp3) is 0.214. The first-order valence-corrected chi connectivity index (χ1v) is 6.42. The molecular weight excluding hydrogens is 257 g/mol. The lowest BCUT2D eigenvalue weighted by atomic mass is 10.3. The Morgan fingerprint density at radius 3 is 2.70 bits per heavy atom. The fourth-order valence-corrected chi connectivity index (χ4v) is 2.13. The predicted octanol–water partition coefficient (Wildman–Crippen LogP) is 2.35. The molecule has 0 unspecified atom stereocenters. The Bertz CT molecular complexity index is 716. The van der Waals surface area contributed by atoms with Gasteiger partial charge in [0.1, 0.15) is 11.5 Å². The van der Waals surface area contributed by atoms with Crippen molar-refractivity contribution >= 4 is 0 Å². The van der Waals surface area contributed by atoms with Crippen molar-refractivity contribution in [3.63, 3.8) is 0 Å². The summed E-state index contributed by atoms with van der Waals surface area (Å²) in [6, 6.07) is 4.69. The second kappa shape index (κ2) is 5.24. The summed E-state index contributed by atoms with van der Waals surface area (Å²) in [5.41, 5.74) is 0.518. The molecule has 0 aliphatic rings. The van der Waals surface area contributed by atoms with E-state index in [9.17, 15) is 4.39 Å². The van der Waals surface area contributed by atoms with Gasteiger partial charge in [-0.2, -0.15) is 4.39 Å². The van der Waals surface area contributed by atoms with Crippen molar-refractivity contribution in [1.29, 1.82) is 0 Å². The topological polar surface area (TPSA) is 48.5 Å². The summed E-state index contributed by atoms with van der Waals surface area (Å²) in [5.74, 6) is 1.06. The summed E-state index contributed by atoms with van der Waals surface area (Å²) in [7, 11) is 0. The lowest BCUT2D eigenvalue weighted by Crippen LogP contribution is -2.08. The number of aryl methyl sites for hydroxylation is 1. The summed E-state index contributed by atoms with van der Waals surface area (Å²) in [5, 5.41) is 0. The molecule has 0 atom stereocenters. The van der Waals surface area contributed by atoms with Gasteiger partial charge in [-0.15, -0.1) is 0 Å². The number of halogens is 1. The van der Waals surface area contributed by atoms with E-state index in [4.69, 9.17) is 0 Å². The van der Waals surface area contributed by atoms with Crippen LogP contribution >= 0.6 is 0 Å². The molecule has 5 nitrogen and oxygen atoms in total. The highest BCUT2D eigenvalue weighted by atomic mass is 19.1. The van der Waals surface area contributed by atoms with E-state index in [2.05, 4.69) is 26.4 Å². The van der Waals surface area contributed by atoms with Gasteiger partial charge in [-0.05, 0) is 19.1 Å². The van der Waals surface area contributed by atoms with Gasteiger partial charge < -0.3 is 9.13 Å². The molecule has 0 saturated carbocycles. The van der Waals surface area contributed by atoms with Crippen LogP contribution in [0.4, 0.5) is 4.39 Å². The molecule has 0 amide bonds. The third kappa shape index (κ3) is 2.32. The minimum Gasteiger partial charge on any atom is -0.334 e. The zero-order valence-electron chi connectivity index (χ0n) is 11.1. The van der Waals surface area contributed by atoms with Crippen molar-refractivity contribution in [2.75, 3.05) is 0 Å². The highest BCUT2D eigenvalue weighted by Crippen LogP contribution is 2.16. The normalized spacial score (nSPS) is 10.9. The average molecular weight is 271 g/mol. The second-order valence-corrected chi connectivity index (χ2v) is 4.35. The van der Waals surface area contributed by atoms with Crippen molar-refractivity contribution in [2.24, 2.45) is 0 Å². The number of aromatic nitrogens is 5. The van der Waals surface area contributed by atoms with E-state index in [1.165, 1.54) is 6.07 Å². The lowest BCUT2D eigenvalue weighted by molar-refractivity contribution is 0.583. The monoisotopic (exact) mass is 271 g/mol. The van der Waals surface area contributed by atoms with E-state index in [0.717, 1.165) is 12.4 Å². The van der Waals surface area contributed by atoms with Gasteiger partial charge in [0.2, 0.25) is 5.95 Å². The SMILES string of the molecule is CCn1ccnc1Cn1ccnc1-c1cccc(F)n1. The summed E-state index contributed by atoms with van der Waals surface area (Å²) < 4.78 is 17.2. The molecule has 6 heteroatoms. The van der Waals surface area contributed by atoms with Crippen molar-refractivity contribution in [2.45, 2.75) is 20.0 Å². The molecule has 0 aliphatic heterocycles. The Morgan fingerprint density at radius 2 is 1.90 bits per heavy atom. The second-order valence-electron chi connectivity index (χ2n) is 4.35. The van der Waals surface area contributed by atoms with Crippen LogP contribution in [0.2, 0.25) is 0 Å². The molecule has 102 valence electrons. The molecule has 0 aromatic carbocycles. The van der Waals surface area contributed by atoms with Crippen LogP contribution in [0, 0.1) is 5.95 Å². The fourth-order valence-electron chi connectivity index (χ4n) is 2.13. The zero-order valence-corrected chi connectivity index (χ0v) is 11.1. The molecule has 0 saturated heterocycles. The number of nitrogens with zero attached hydrogens (tertiary/aromatic N) is 5. The third-order valence-corrected chi connectivity index (χ3v) is 3.11. The lowest BCUT2D eigenvalue weighted by Gasteiger charge is -2.08. The highest BCUT2D eigenvalue weighted by Gasteiger charge is 2.10. The van der Waals surface area contributed by atoms with Crippen LogP contribution < -0.4 is 0 Å². The maximum absolute atomic E-state index is 13.2. The van der Waals surface area contributed by atoms with Crippen molar-refractivity contribution in [1.82, 2.24) is 24.1 Å². The standard InChI is InChI=1S/C14H14FN5/c1-2-19-8-6-16-13(19)10-20-9-7-17-14(20)11-4-3-5-12(15)18-11/h3-9H,2,10H2,1H3. The quantitative estimate of drug-likeness (QED) is 0.684. The van der Waals surface area contributed by atoms with Crippen LogP contribution in [0.25, 0.3) is 11.5 Å². The van der Waals surface area contributed by atoms with Gasteiger partial charge in [-0.25, -0.2) is 15.0 Å². The van der Waals surface area contributed by atoms with Gasteiger partial charge in [0.25, 0.3) is 0 Å². The minimum atomic E-state index is -0.507.